The van der Waals surface area contributed by atoms with Crippen molar-refractivity contribution in [3.63, 3.8) is 0 Å². The third-order valence-electron chi connectivity index (χ3n) is 5.97. The normalized spacial score (nSPS) is 16.4. The Morgan fingerprint density at radius 2 is 1.94 bits per heavy atom. The number of aromatic nitrogens is 2. The number of piperidine rings is 1. The molecule has 1 atom stereocenters. The number of carbonyl (C=O) groups excluding carboxylic acids is 1. The number of carbonyl (C=O) groups is 1. The van der Waals surface area contributed by atoms with E-state index in [0.717, 1.165) is 53.5 Å². The molecule has 1 fully saturated rings. The van der Waals surface area contributed by atoms with Crippen molar-refractivity contribution in [1.82, 2.24) is 20.2 Å². The minimum Gasteiger partial charge on any atom is -0.358 e. The quantitative estimate of drug-likeness (QED) is 0.568. The van der Waals surface area contributed by atoms with E-state index in [1.165, 1.54) is 16.0 Å². The molecular weight excluding hydrogens is 430 g/mol. The van der Waals surface area contributed by atoms with E-state index in [0.29, 0.717) is 0 Å². The molecule has 0 bridgehead atoms. The molecule has 2 aromatic heterocycles. The van der Waals surface area contributed by atoms with Crippen molar-refractivity contribution in [3.8, 4) is 0 Å². The number of hydrogen-bond donors (Lipinski definition) is 2. The molecule has 0 radical (unpaired) electrons. The maximum atomic E-state index is 12.8. The summed E-state index contributed by atoms with van der Waals surface area (Å²) < 4.78 is 0. The summed E-state index contributed by atoms with van der Waals surface area (Å²) in [7, 11) is 0. The molecule has 1 aliphatic heterocycles. The maximum absolute atomic E-state index is 12.8. The molecule has 1 unspecified atom stereocenters. The molecule has 164 valence electrons. The summed E-state index contributed by atoms with van der Waals surface area (Å²) in [6.07, 6.45) is 3.46. The number of rotatable bonds is 6. The smallest absolute Gasteiger partial charge is 0.242 e. The highest BCUT2D eigenvalue weighted by Gasteiger charge is 2.24. The van der Waals surface area contributed by atoms with Crippen molar-refractivity contribution in [2.45, 2.75) is 52.2 Å². The Bertz CT molecular complexity index is 1060. The molecule has 2 N–H and O–H groups in total. The van der Waals surface area contributed by atoms with Gasteiger partial charge in [0.2, 0.25) is 5.91 Å². The molecule has 6 nitrogen and oxygen atoms in total. The molecule has 3 heterocycles. The summed E-state index contributed by atoms with van der Waals surface area (Å²) in [4.78, 5) is 26.2. The topological polar surface area (TPSA) is 70.1 Å². The zero-order valence-corrected chi connectivity index (χ0v) is 19.7. The van der Waals surface area contributed by atoms with Crippen LogP contribution in [0.5, 0.6) is 0 Å². The van der Waals surface area contributed by atoms with E-state index >= 15 is 0 Å². The van der Waals surface area contributed by atoms with Gasteiger partial charge >= 0.3 is 0 Å². The Balaban J connectivity index is 1.29. The summed E-state index contributed by atoms with van der Waals surface area (Å²) >= 11 is 7.63. The van der Waals surface area contributed by atoms with Crippen LogP contribution in [0.3, 0.4) is 0 Å². The largest absolute Gasteiger partial charge is 0.358 e. The van der Waals surface area contributed by atoms with Crippen LogP contribution in [0.1, 0.15) is 35.8 Å². The molecule has 0 saturated carbocycles. The van der Waals surface area contributed by atoms with E-state index in [-0.39, 0.29) is 18.0 Å². The molecule has 0 aliphatic carbocycles. The van der Waals surface area contributed by atoms with Crippen LogP contribution in [0.15, 0.2) is 30.6 Å². The van der Waals surface area contributed by atoms with E-state index in [1.807, 2.05) is 19.1 Å². The number of likely N-dealkylation sites (tertiary alicyclic amines) is 1. The number of hydrogen-bond acceptors (Lipinski definition) is 6. The number of anilines is 1. The van der Waals surface area contributed by atoms with Crippen LogP contribution in [0.2, 0.25) is 5.02 Å². The summed E-state index contributed by atoms with van der Waals surface area (Å²) in [6, 6.07) is 7.85. The molecule has 8 heteroatoms. The van der Waals surface area contributed by atoms with Gasteiger partial charge in [-0.15, -0.1) is 11.3 Å². The minimum absolute atomic E-state index is 0.00696. The number of halogens is 1. The Morgan fingerprint density at radius 1 is 1.23 bits per heavy atom. The number of benzene rings is 1. The van der Waals surface area contributed by atoms with E-state index in [1.54, 1.807) is 17.7 Å². The molecule has 1 amide bonds. The maximum Gasteiger partial charge on any atom is 0.242 e. The number of nitrogens with one attached hydrogen (secondary N) is 2. The molecule has 1 aliphatic rings. The Labute approximate surface area is 192 Å². The monoisotopic (exact) mass is 457 g/mol. The fourth-order valence-electron chi connectivity index (χ4n) is 3.97. The van der Waals surface area contributed by atoms with E-state index < -0.39 is 0 Å². The fourth-order valence-corrected chi connectivity index (χ4v) is 5.09. The summed E-state index contributed by atoms with van der Waals surface area (Å²) in [5.74, 6) is 0.736. The SMILES string of the molecule is Cc1sc2ncnc(NC(C)C(=O)NC3CCN(Cc4ccc(Cl)cc4)CC3)c2c1C. The molecule has 4 rings (SSSR count). The zero-order valence-electron chi connectivity index (χ0n) is 18.1. The second kappa shape index (κ2) is 9.51. The van der Waals surface area contributed by atoms with Crippen LogP contribution >= 0.6 is 22.9 Å². The second-order valence-electron chi connectivity index (χ2n) is 8.24. The average molecular weight is 458 g/mol. The highest BCUT2D eigenvalue weighted by Crippen LogP contribution is 2.32. The highest BCUT2D eigenvalue weighted by atomic mass is 35.5. The molecule has 1 aromatic carbocycles. The lowest BCUT2D eigenvalue weighted by Gasteiger charge is -2.33. The lowest BCUT2D eigenvalue weighted by Crippen LogP contribution is -2.48. The van der Waals surface area contributed by atoms with Gasteiger partial charge in [0.05, 0.1) is 5.39 Å². The van der Waals surface area contributed by atoms with Crippen molar-refractivity contribution in [3.05, 3.63) is 51.6 Å². The summed E-state index contributed by atoms with van der Waals surface area (Å²) in [5.41, 5.74) is 2.43. The van der Waals surface area contributed by atoms with Gasteiger partial charge in [0.1, 0.15) is 23.0 Å². The first-order valence-corrected chi connectivity index (χ1v) is 11.8. The molecule has 1 saturated heterocycles. The standard InChI is InChI=1S/C23H28ClN5OS/c1-14-16(3)31-23-20(14)21(25-13-26-23)27-15(2)22(30)28-19-8-10-29(11-9-19)12-17-4-6-18(24)7-5-17/h4-7,13,15,19H,8-12H2,1-3H3,(H,28,30)(H,25,26,27). The molecule has 3 aromatic rings. The molecular formula is C23H28ClN5OS. The summed E-state index contributed by atoms with van der Waals surface area (Å²) in [6.45, 7) is 8.89. The van der Waals surface area contributed by atoms with E-state index in [4.69, 9.17) is 11.6 Å². The molecule has 0 spiro atoms. The van der Waals surface area contributed by atoms with E-state index in [2.05, 4.69) is 51.5 Å². The number of amides is 1. The first-order valence-electron chi connectivity index (χ1n) is 10.6. The van der Waals surface area contributed by atoms with Gasteiger partial charge in [-0.1, -0.05) is 23.7 Å². The highest BCUT2D eigenvalue weighted by molar-refractivity contribution is 7.18. The molecule has 31 heavy (non-hydrogen) atoms. The van der Waals surface area contributed by atoms with Gasteiger partial charge in [-0.05, 0) is 56.9 Å². The van der Waals surface area contributed by atoms with Crippen molar-refractivity contribution in [2.24, 2.45) is 0 Å². The third-order valence-corrected chi connectivity index (χ3v) is 7.33. The Kier molecular flexibility index (Phi) is 6.74. The van der Waals surface area contributed by atoms with Crippen LogP contribution < -0.4 is 10.6 Å². The first-order chi connectivity index (χ1) is 14.9. The lowest BCUT2D eigenvalue weighted by molar-refractivity contribution is -0.122. The van der Waals surface area contributed by atoms with Gasteiger partial charge in [-0.3, -0.25) is 9.69 Å². The van der Waals surface area contributed by atoms with Gasteiger partial charge in [-0.2, -0.15) is 0 Å². The lowest BCUT2D eigenvalue weighted by atomic mass is 10.0. The Morgan fingerprint density at radius 3 is 2.65 bits per heavy atom. The van der Waals surface area contributed by atoms with Gasteiger partial charge < -0.3 is 10.6 Å². The number of nitrogens with zero attached hydrogens (tertiary/aromatic N) is 3. The average Bonchev–Trinajstić information content (AvgIpc) is 3.05. The third kappa shape index (κ3) is 5.17. The van der Waals surface area contributed by atoms with Gasteiger partial charge in [-0.25, -0.2) is 9.97 Å². The Hall–Kier alpha value is -2.22. The summed E-state index contributed by atoms with van der Waals surface area (Å²) in [5, 5.41) is 8.29. The van der Waals surface area contributed by atoms with E-state index in [9.17, 15) is 4.79 Å². The predicted molar refractivity (Wildman–Crippen MR) is 128 cm³/mol. The van der Waals surface area contributed by atoms with Crippen LogP contribution in [0.25, 0.3) is 10.2 Å². The van der Waals surface area contributed by atoms with Crippen molar-refractivity contribution >= 4 is 44.9 Å². The number of thiophene rings is 1. The number of fused-ring (bicyclic) bond motifs is 1. The number of aryl methyl sites for hydroxylation is 2. The fraction of sp³-hybridized carbons (Fsp3) is 0.435. The van der Waals surface area contributed by atoms with Crippen LogP contribution in [0, 0.1) is 13.8 Å². The van der Waals surface area contributed by atoms with Crippen molar-refractivity contribution < 1.29 is 4.79 Å². The van der Waals surface area contributed by atoms with Crippen LogP contribution in [0.4, 0.5) is 5.82 Å². The first kappa shape index (κ1) is 22.0. The van der Waals surface area contributed by atoms with Crippen LogP contribution in [-0.2, 0) is 11.3 Å². The van der Waals surface area contributed by atoms with Crippen molar-refractivity contribution in [1.29, 1.82) is 0 Å². The van der Waals surface area contributed by atoms with Crippen molar-refractivity contribution in [2.75, 3.05) is 18.4 Å². The predicted octanol–water partition coefficient (Wildman–Crippen LogP) is 4.54. The van der Waals surface area contributed by atoms with Gasteiger partial charge in [0.15, 0.2) is 0 Å². The zero-order chi connectivity index (χ0) is 22.0. The minimum atomic E-state index is -0.371. The second-order valence-corrected chi connectivity index (χ2v) is 9.88. The van der Waals surface area contributed by atoms with Gasteiger partial charge in [0, 0.05) is 35.6 Å². The van der Waals surface area contributed by atoms with Crippen LogP contribution in [-0.4, -0.2) is 45.9 Å². The van der Waals surface area contributed by atoms with Gasteiger partial charge in [0.25, 0.3) is 0 Å².